The first kappa shape index (κ1) is 31.2. The average Bonchev–Trinajstić information content (AvgIpc) is 3.54. The maximum Gasteiger partial charge on any atom is 0.335 e. The number of aryl methyl sites for hydroxylation is 2. The van der Waals surface area contributed by atoms with Crippen molar-refractivity contribution in [2.45, 2.75) is 67.2 Å². The van der Waals surface area contributed by atoms with Crippen LogP contribution in [0.5, 0.6) is 0 Å². The van der Waals surface area contributed by atoms with E-state index in [4.69, 9.17) is 14.1 Å². The molecule has 0 amide bonds. The molecule has 0 aliphatic carbocycles. The van der Waals surface area contributed by atoms with Crippen LogP contribution >= 0.6 is 22.7 Å². The van der Waals surface area contributed by atoms with Crippen molar-refractivity contribution < 1.29 is 9.15 Å². The van der Waals surface area contributed by atoms with Gasteiger partial charge in [-0.25, -0.2) is 14.3 Å². The summed E-state index contributed by atoms with van der Waals surface area (Å²) in [5, 5.41) is 2.75. The van der Waals surface area contributed by atoms with Gasteiger partial charge in [-0.2, -0.15) is 0 Å². The Morgan fingerprint density at radius 3 is 2.35 bits per heavy atom. The summed E-state index contributed by atoms with van der Waals surface area (Å²) in [4.78, 5) is 45.1. The number of para-hydroxylation sites is 1. The van der Waals surface area contributed by atoms with Crippen LogP contribution in [0, 0.1) is 6.92 Å². The van der Waals surface area contributed by atoms with Crippen molar-refractivity contribution in [3.63, 3.8) is 0 Å². The molecule has 4 heterocycles. The monoisotopic (exact) mass is 583 g/mol. The van der Waals surface area contributed by atoms with Crippen molar-refractivity contribution >= 4 is 43.9 Å². The summed E-state index contributed by atoms with van der Waals surface area (Å²) in [5.41, 5.74) is 1.56. The van der Waals surface area contributed by atoms with Gasteiger partial charge in [0, 0.05) is 30.2 Å². The molecule has 0 saturated heterocycles. The van der Waals surface area contributed by atoms with Crippen LogP contribution in [0.4, 0.5) is 0 Å². The van der Waals surface area contributed by atoms with Gasteiger partial charge in [0.1, 0.15) is 10.5 Å². The zero-order chi connectivity index (χ0) is 29.2. The summed E-state index contributed by atoms with van der Waals surface area (Å²) >= 11 is 2.66. The second kappa shape index (κ2) is 14.9. The van der Waals surface area contributed by atoms with Gasteiger partial charge in [-0.3, -0.25) is 14.6 Å². The van der Waals surface area contributed by atoms with Crippen LogP contribution in [0.3, 0.4) is 0 Å². The number of thiophene rings is 1. The molecule has 0 aliphatic heterocycles. The average molecular weight is 584 g/mol. The molecular weight excluding hydrogens is 546 g/mol. The lowest BCUT2D eigenvalue weighted by Gasteiger charge is -2.05. The molecule has 0 radical (unpaired) electrons. The summed E-state index contributed by atoms with van der Waals surface area (Å²) in [6.45, 7) is 14.1. The number of H-pyrrole nitrogens is 1. The minimum atomic E-state index is -0.542. The first-order valence-electron chi connectivity index (χ1n) is 13.6. The van der Waals surface area contributed by atoms with E-state index in [0.29, 0.717) is 38.5 Å². The quantitative estimate of drug-likeness (QED) is 0.205. The second-order valence-electron chi connectivity index (χ2n) is 9.09. The fourth-order valence-corrected chi connectivity index (χ4v) is 6.02. The van der Waals surface area contributed by atoms with Gasteiger partial charge in [0.05, 0.1) is 21.5 Å². The van der Waals surface area contributed by atoms with E-state index in [2.05, 4.69) is 32.7 Å². The molecule has 8 nitrogen and oxygen atoms in total. The van der Waals surface area contributed by atoms with E-state index in [1.807, 2.05) is 12.3 Å². The predicted molar refractivity (Wildman–Crippen MR) is 167 cm³/mol. The number of aromatic amines is 1. The van der Waals surface area contributed by atoms with Gasteiger partial charge in [-0.1, -0.05) is 64.5 Å². The number of ether oxygens (including phenoxy) is 1. The lowest BCUT2D eigenvalue weighted by Crippen LogP contribution is -2.29. The molecule has 0 atom stereocenters. The van der Waals surface area contributed by atoms with Crippen LogP contribution in [-0.4, -0.2) is 27.7 Å². The van der Waals surface area contributed by atoms with E-state index in [9.17, 15) is 14.4 Å². The van der Waals surface area contributed by atoms with Crippen molar-refractivity contribution in [1.29, 1.82) is 0 Å². The summed E-state index contributed by atoms with van der Waals surface area (Å²) in [6, 6.07) is 8.40. The van der Waals surface area contributed by atoms with Crippen molar-refractivity contribution in [2.24, 2.45) is 0 Å². The number of nitrogens with one attached hydrogen (secondary N) is 1. The number of hydrogen-bond donors (Lipinski definition) is 1. The van der Waals surface area contributed by atoms with Crippen LogP contribution in [-0.2, 0) is 11.2 Å². The molecule has 0 saturated carbocycles. The molecule has 5 aromatic rings. The van der Waals surface area contributed by atoms with Gasteiger partial charge in [-0.15, -0.1) is 11.3 Å². The van der Waals surface area contributed by atoms with Crippen LogP contribution in [0.25, 0.3) is 36.8 Å². The largest absolute Gasteiger partial charge is 0.460 e. The first-order chi connectivity index (χ1) is 19.3. The SMILES string of the molecule is CCC.CCCOCCC.CCc1nc(-n2c(=O)[nH]c(=O)c3ccccc32)sc1-c1csc2c(=O)cc(C)oc12. The highest BCUT2D eigenvalue weighted by Crippen LogP contribution is 2.39. The number of fused-ring (bicyclic) bond motifs is 2. The topological polar surface area (TPSA) is 107 Å². The Labute approximate surface area is 241 Å². The summed E-state index contributed by atoms with van der Waals surface area (Å²) in [5.74, 6) is 0.540. The van der Waals surface area contributed by atoms with Crippen LogP contribution in [0.15, 0.2) is 54.5 Å². The molecule has 0 unspecified atom stereocenters. The van der Waals surface area contributed by atoms with E-state index in [1.54, 1.807) is 31.2 Å². The number of hydrogen-bond acceptors (Lipinski definition) is 8. The molecule has 40 heavy (non-hydrogen) atoms. The number of aromatic nitrogens is 3. The highest BCUT2D eigenvalue weighted by atomic mass is 32.1. The predicted octanol–water partition coefficient (Wildman–Crippen LogP) is 7.08. The van der Waals surface area contributed by atoms with Crippen LogP contribution in [0.1, 0.15) is 65.3 Å². The van der Waals surface area contributed by atoms with Crippen molar-refractivity contribution in [1.82, 2.24) is 14.5 Å². The Kier molecular flexibility index (Phi) is 11.6. The molecule has 0 aliphatic rings. The van der Waals surface area contributed by atoms with Crippen LogP contribution < -0.4 is 16.7 Å². The van der Waals surface area contributed by atoms with E-state index in [0.717, 1.165) is 42.2 Å². The molecule has 214 valence electrons. The first-order valence-corrected chi connectivity index (χ1v) is 15.3. The maximum absolute atomic E-state index is 12.7. The van der Waals surface area contributed by atoms with Crippen molar-refractivity contribution in [3.05, 3.63) is 78.2 Å². The Balaban J connectivity index is 0.000000382. The molecule has 4 aromatic heterocycles. The molecule has 0 fully saturated rings. The van der Waals surface area contributed by atoms with Gasteiger partial charge in [0.2, 0.25) is 5.43 Å². The third-order valence-corrected chi connectivity index (χ3v) is 7.63. The highest BCUT2D eigenvalue weighted by Gasteiger charge is 2.21. The smallest absolute Gasteiger partial charge is 0.335 e. The van der Waals surface area contributed by atoms with Crippen molar-refractivity contribution in [3.8, 4) is 15.6 Å². The fraction of sp³-hybridized carbons (Fsp3) is 0.400. The fourth-order valence-electron chi connectivity index (χ4n) is 3.87. The van der Waals surface area contributed by atoms with Crippen molar-refractivity contribution in [2.75, 3.05) is 13.2 Å². The van der Waals surface area contributed by atoms with Gasteiger partial charge < -0.3 is 9.15 Å². The Bertz CT molecular complexity index is 1720. The summed E-state index contributed by atoms with van der Waals surface area (Å²) in [7, 11) is 0. The highest BCUT2D eigenvalue weighted by molar-refractivity contribution is 7.20. The lowest BCUT2D eigenvalue weighted by atomic mass is 10.2. The third-order valence-electron chi connectivity index (χ3n) is 5.53. The molecule has 10 heteroatoms. The number of rotatable bonds is 7. The zero-order valence-electron chi connectivity index (χ0n) is 24.0. The minimum absolute atomic E-state index is 0.0735. The normalized spacial score (nSPS) is 10.8. The van der Waals surface area contributed by atoms with Gasteiger partial charge >= 0.3 is 5.69 Å². The maximum atomic E-state index is 12.7. The van der Waals surface area contributed by atoms with E-state index >= 15 is 0 Å². The van der Waals surface area contributed by atoms with E-state index in [1.165, 1.54) is 39.7 Å². The van der Waals surface area contributed by atoms with E-state index < -0.39 is 11.2 Å². The number of nitrogens with zero attached hydrogens (tertiary/aromatic N) is 2. The third kappa shape index (κ3) is 7.04. The molecule has 5 rings (SSSR count). The van der Waals surface area contributed by atoms with Crippen LogP contribution in [0.2, 0.25) is 0 Å². The second-order valence-corrected chi connectivity index (χ2v) is 10.9. The Morgan fingerprint density at radius 2 is 1.70 bits per heavy atom. The van der Waals surface area contributed by atoms with Gasteiger partial charge in [0.15, 0.2) is 10.7 Å². The number of benzene rings is 1. The van der Waals surface area contributed by atoms with Gasteiger partial charge in [-0.05, 0) is 38.3 Å². The zero-order valence-corrected chi connectivity index (χ0v) is 25.6. The van der Waals surface area contributed by atoms with Gasteiger partial charge in [0.25, 0.3) is 5.56 Å². The lowest BCUT2D eigenvalue weighted by molar-refractivity contribution is 0.135. The summed E-state index contributed by atoms with van der Waals surface area (Å²) in [6.07, 6.45) is 4.16. The molecule has 1 N–H and O–H groups in total. The molecule has 0 bridgehead atoms. The summed E-state index contributed by atoms with van der Waals surface area (Å²) < 4.78 is 13.0. The Morgan fingerprint density at radius 1 is 1.02 bits per heavy atom. The molecular formula is C30H37N3O5S2. The number of thiazole rings is 1. The minimum Gasteiger partial charge on any atom is -0.460 e. The van der Waals surface area contributed by atoms with E-state index in [-0.39, 0.29) is 5.43 Å². The molecule has 0 spiro atoms. The standard InChI is InChI=1S/C21H15N3O4S2.C6H14O.C3H8/c1-3-13-17(12-9-29-18-15(25)8-10(2)28-16(12)18)30-21(22-13)24-14-7-5-4-6-11(14)19(26)23-20(24)27;1-3-5-7-6-4-2;1-3-2/h4-9H,3H2,1-2H3,(H,23,26,27);3-6H2,1-2H3;3H2,1-2H3. The molecule has 1 aromatic carbocycles. The Hall–Kier alpha value is -3.34.